The van der Waals surface area contributed by atoms with E-state index >= 15 is 4.39 Å². The first-order valence-electron chi connectivity index (χ1n) is 16.0. The molecule has 0 aliphatic carbocycles. The van der Waals surface area contributed by atoms with E-state index in [0.717, 1.165) is 53.5 Å². The van der Waals surface area contributed by atoms with E-state index in [-0.39, 0.29) is 35.6 Å². The molecule has 0 radical (unpaired) electrons. The fourth-order valence-electron chi connectivity index (χ4n) is 7.08. The Hall–Kier alpha value is -4.05. The maximum absolute atomic E-state index is 17.1. The Morgan fingerprint density at radius 2 is 1.80 bits per heavy atom. The first kappa shape index (κ1) is 31.0. The van der Waals surface area contributed by atoms with Crippen molar-refractivity contribution < 1.29 is 13.9 Å². The summed E-state index contributed by atoms with van der Waals surface area (Å²) >= 11 is 0. The zero-order chi connectivity index (χ0) is 32.2. The van der Waals surface area contributed by atoms with E-state index in [9.17, 15) is 4.79 Å². The molecule has 45 heavy (non-hydrogen) atoms. The molecule has 9 nitrogen and oxygen atoms in total. The topological polar surface area (TPSA) is 79.6 Å². The van der Waals surface area contributed by atoms with Crippen LogP contribution >= 0.6 is 0 Å². The normalized spacial score (nSPS) is 20.0. The number of carbonyl (C=O) groups excluding carboxylic acids is 1. The van der Waals surface area contributed by atoms with Gasteiger partial charge in [-0.2, -0.15) is 15.1 Å². The fourth-order valence-corrected chi connectivity index (χ4v) is 7.08. The van der Waals surface area contributed by atoms with Gasteiger partial charge in [0.25, 0.3) is 0 Å². The highest BCUT2D eigenvalue weighted by molar-refractivity contribution is 6.01. The number of ether oxygens (including phenoxy) is 1. The maximum Gasteiger partial charge on any atom is 0.319 e. The summed E-state index contributed by atoms with van der Waals surface area (Å²) in [6, 6.07) is 6.55. The molecule has 2 aliphatic rings. The Morgan fingerprint density at radius 3 is 2.49 bits per heavy atom. The molecular formula is C35H44FN7O2. The number of anilines is 1. The number of piperidine rings is 1. The summed E-state index contributed by atoms with van der Waals surface area (Å²) < 4.78 is 25.4. The SMILES string of the molecule is C=CC(=O)N1C[C@H](C)N(c2nc(OC3CCN(C(C)C)CC3)nc3c(F)c(-c4c(C)ccc5cnn(C)c45)c(C)cc23)C[C@H]1C. The van der Waals surface area contributed by atoms with E-state index < -0.39 is 5.82 Å². The van der Waals surface area contributed by atoms with Gasteiger partial charge in [-0.15, -0.1) is 0 Å². The highest BCUT2D eigenvalue weighted by Gasteiger charge is 2.34. The van der Waals surface area contributed by atoms with Crippen molar-refractivity contribution in [3.8, 4) is 17.1 Å². The summed E-state index contributed by atoms with van der Waals surface area (Å²) in [7, 11) is 1.88. The Labute approximate surface area is 264 Å². The zero-order valence-corrected chi connectivity index (χ0v) is 27.5. The fraction of sp³-hybridized carbons (Fsp3) is 0.486. The van der Waals surface area contributed by atoms with Crippen molar-refractivity contribution >= 4 is 33.5 Å². The predicted molar refractivity (Wildman–Crippen MR) is 177 cm³/mol. The first-order chi connectivity index (χ1) is 21.5. The van der Waals surface area contributed by atoms with E-state index in [4.69, 9.17) is 14.7 Å². The van der Waals surface area contributed by atoms with Gasteiger partial charge in [0.1, 0.15) is 17.4 Å². The molecule has 4 aromatic rings. The Kier molecular flexibility index (Phi) is 8.28. The van der Waals surface area contributed by atoms with Crippen molar-refractivity contribution in [3.05, 3.63) is 54.0 Å². The summed E-state index contributed by atoms with van der Waals surface area (Å²) in [4.78, 5) is 28.8. The van der Waals surface area contributed by atoms with Crippen LogP contribution in [0.4, 0.5) is 10.2 Å². The molecule has 10 heteroatoms. The number of amides is 1. The minimum absolute atomic E-state index is 0.0536. The predicted octanol–water partition coefficient (Wildman–Crippen LogP) is 5.80. The third-order valence-electron chi connectivity index (χ3n) is 9.64. The molecule has 2 fully saturated rings. The van der Waals surface area contributed by atoms with Gasteiger partial charge < -0.3 is 19.4 Å². The van der Waals surface area contributed by atoms with Gasteiger partial charge in [-0.25, -0.2) is 4.39 Å². The number of piperazine rings is 1. The third-order valence-corrected chi connectivity index (χ3v) is 9.64. The van der Waals surface area contributed by atoms with Gasteiger partial charge >= 0.3 is 6.01 Å². The molecule has 2 saturated heterocycles. The lowest BCUT2D eigenvalue weighted by Crippen LogP contribution is -2.58. The van der Waals surface area contributed by atoms with E-state index in [1.54, 1.807) is 4.68 Å². The number of carbonyl (C=O) groups is 1. The second-order valence-electron chi connectivity index (χ2n) is 13.1. The average Bonchev–Trinajstić information content (AvgIpc) is 3.39. The van der Waals surface area contributed by atoms with E-state index in [1.807, 2.05) is 57.1 Å². The zero-order valence-electron chi connectivity index (χ0n) is 27.5. The number of fused-ring (bicyclic) bond motifs is 2. The van der Waals surface area contributed by atoms with Crippen LogP contribution in [0, 0.1) is 19.7 Å². The van der Waals surface area contributed by atoms with Crippen LogP contribution < -0.4 is 9.64 Å². The van der Waals surface area contributed by atoms with Crippen molar-refractivity contribution in [2.45, 2.75) is 78.6 Å². The molecule has 238 valence electrons. The minimum Gasteiger partial charge on any atom is -0.460 e. The van der Waals surface area contributed by atoms with Crippen molar-refractivity contribution in [1.29, 1.82) is 0 Å². The number of hydrogen-bond donors (Lipinski definition) is 0. The molecule has 2 aromatic heterocycles. The molecule has 0 bridgehead atoms. The largest absolute Gasteiger partial charge is 0.460 e. The number of aromatic nitrogens is 4. The van der Waals surface area contributed by atoms with Crippen molar-refractivity contribution in [2.24, 2.45) is 7.05 Å². The van der Waals surface area contributed by atoms with E-state index in [1.165, 1.54) is 6.08 Å². The summed E-state index contributed by atoms with van der Waals surface area (Å²) in [6.07, 6.45) is 4.83. The Bertz CT molecular complexity index is 1780. The minimum atomic E-state index is -0.397. The Balaban J connectivity index is 1.50. The molecule has 0 spiro atoms. The van der Waals surface area contributed by atoms with Crippen molar-refractivity contribution in [3.63, 3.8) is 0 Å². The number of aryl methyl sites for hydroxylation is 3. The molecule has 2 atom stereocenters. The lowest BCUT2D eigenvalue weighted by molar-refractivity contribution is -0.128. The van der Waals surface area contributed by atoms with Crippen molar-refractivity contribution in [2.75, 3.05) is 31.1 Å². The number of benzene rings is 2. The van der Waals surface area contributed by atoms with Crippen molar-refractivity contribution in [1.82, 2.24) is 29.5 Å². The third kappa shape index (κ3) is 5.54. The lowest BCUT2D eigenvalue weighted by Gasteiger charge is -2.44. The van der Waals surface area contributed by atoms with Crippen LogP contribution in [-0.4, -0.2) is 85.9 Å². The molecule has 0 N–H and O–H groups in total. The number of nitrogens with zero attached hydrogens (tertiary/aromatic N) is 7. The molecule has 2 aliphatic heterocycles. The number of rotatable bonds is 6. The van der Waals surface area contributed by atoms with Gasteiger partial charge in [-0.1, -0.05) is 18.7 Å². The summed E-state index contributed by atoms with van der Waals surface area (Å²) in [5, 5.41) is 6.04. The molecule has 4 heterocycles. The maximum atomic E-state index is 17.1. The molecule has 0 unspecified atom stereocenters. The molecule has 1 amide bonds. The number of halogens is 1. The summed E-state index contributed by atoms with van der Waals surface area (Å²) in [6.45, 7) is 19.0. The molecular weight excluding hydrogens is 569 g/mol. The highest BCUT2D eigenvalue weighted by Crippen LogP contribution is 2.41. The molecule has 0 saturated carbocycles. The standard InChI is InChI=1S/C35H44FN7O2/c1-9-28(44)42-18-24(7)43(19-23(42)6)34-27-16-22(5)29(30-21(4)10-11-25-17-37-40(8)33(25)30)31(36)32(27)38-35(39-34)45-26-12-14-41(15-13-26)20(2)3/h9-11,16-17,20,23-24,26H,1,12-15,18-19H2,2-8H3/t23-,24+/m1/s1. The smallest absolute Gasteiger partial charge is 0.319 e. The van der Waals surface area contributed by atoms with Crippen LogP contribution in [0.3, 0.4) is 0 Å². The average molecular weight is 614 g/mol. The quantitative estimate of drug-likeness (QED) is 0.254. The van der Waals surface area contributed by atoms with Gasteiger partial charge in [-0.3, -0.25) is 9.48 Å². The van der Waals surface area contributed by atoms with Crippen LogP contribution in [0.5, 0.6) is 6.01 Å². The summed E-state index contributed by atoms with van der Waals surface area (Å²) in [5.74, 6) is 0.138. The Morgan fingerprint density at radius 1 is 1.07 bits per heavy atom. The van der Waals surface area contributed by atoms with Gasteiger partial charge in [-0.05, 0) is 77.7 Å². The first-order valence-corrected chi connectivity index (χ1v) is 16.0. The van der Waals surface area contributed by atoms with Gasteiger partial charge in [0.15, 0.2) is 5.82 Å². The van der Waals surface area contributed by atoms with E-state index in [0.29, 0.717) is 35.9 Å². The van der Waals surface area contributed by atoms with Gasteiger partial charge in [0, 0.05) is 73.3 Å². The van der Waals surface area contributed by atoms with Gasteiger partial charge in [0.2, 0.25) is 5.91 Å². The van der Waals surface area contributed by atoms with Crippen LogP contribution in [0.25, 0.3) is 32.9 Å². The second kappa shape index (κ2) is 12.0. The van der Waals surface area contributed by atoms with Crippen LogP contribution in [0.15, 0.2) is 37.1 Å². The monoisotopic (exact) mass is 613 g/mol. The second-order valence-corrected chi connectivity index (χ2v) is 13.1. The van der Waals surface area contributed by atoms with Crippen LogP contribution in [0.1, 0.15) is 51.7 Å². The molecule has 2 aromatic carbocycles. The van der Waals surface area contributed by atoms with Gasteiger partial charge in [0.05, 0.1) is 11.7 Å². The van der Waals surface area contributed by atoms with Crippen LogP contribution in [-0.2, 0) is 11.8 Å². The molecule has 6 rings (SSSR count). The number of hydrogen-bond acceptors (Lipinski definition) is 7. The summed E-state index contributed by atoms with van der Waals surface area (Å²) in [5.41, 5.74) is 4.19. The number of likely N-dealkylation sites (tertiary alicyclic amines) is 1. The van der Waals surface area contributed by atoms with Crippen LogP contribution in [0.2, 0.25) is 0 Å². The lowest BCUT2D eigenvalue weighted by atomic mass is 9.92. The van der Waals surface area contributed by atoms with E-state index in [2.05, 4.69) is 42.2 Å². The highest BCUT2D eigenvalue weighted by atomic mass is 19.1.